The van der Waals surface area contributed by atoms with Gasteiger partial charge in [0, 0.05) is 25.6 Å². The van der Waals surface area contributed by atoms with E-state index in [9.17, 15) is 14.7 Å². The third kappa shape index (κ3) is 4.13. The fourth-order valence-electron chi connectivity index (χ4n) is 2.50. The number of aromatic hydroxyl groups is 1. The summed E-state index contributed by atoms with van der Waals surface area (Å²) in [5.74, 6) is -1.00. The van der Waals surface area contributed by atoms with E-state index in [-0.39, 0.29) is 17.2 Å². The first-order valence-corrected chi connectivity index (χ1v) is 7.82. The van der Waals surface area contributed by atoms with E-state index < -0.39 is 5.97 Å². The van der Waals surface area contributed by atoms with Crippen LogP contribution in [0.25, 0.3) is 0 Å². The van der Waals surface area contributed by atoms with Gasteiger partial charge < -0.3 is 15.1 Å². The summed E-state index contributed by atoms with van der Waals surface area (Å²) in [4.78, 5) is 24.9. The highest BCUT2D eigenvalue weighted by Crippen LogP contribution is 2.22. The van der Waals surface area contributed by atoms with E-state index in [1.165, 1.54) is 18.2 Å². The molecule has 0 aliphatic carbocycles. The van der Waals surface area contributed by atoms with Crippen LogP contribution in [-0.4, -0.2) is 40.6 Å². The number of carbonyl (C=O) groups is 2. The summed E-state index contributed by atoms with van der Waals surface area (Å²) in [7, 11) is 1.77. The van der Waals surface area contributed by atoms with Crippen molar-refractivity contribution < 1.29 is 19.8 Å². The number of hydrogen-bond acceptors (Lipinski definition) is 3. The van der Waals surface area contributed by atoms with Crippen molar-refractivity contribution in [2.24, 2.45) is 0 Å². The fraction of sp³-hybridized carbons (Fsp3) is 0.263. The molecule has 0 atom stereocenters. The Labute approximate surface area is 141 Å². The quantitative estimate of drug-likeness (QED) is 0.854. The molecule has 2 aromatic rings. The van der Waals surface area contributed by atoms with Gasteiger partial charge in [0.25, 0.3) is 5.91 Å². The summed E-state index contributed by atoms with van der Waals surface area (Å²) in [5, 5.41) is 18.9. The summed E-state index contributed by atoms with van der Waals surface area (Å²) >= 11 is 0. The Hall–Kier alpha value is -2.82. The molecule has 5 heteroatoms. The number of carboxylic acids is 1. The van der Waals surface area contributed by atoms with Gasteiger partial charge in [0.2, 0.25) is 0 Å². The number of phenolic OH excluding ortho intramolecular Hbond substituents is 1. The molecule has 0 spiro atoms. The summed E-state index contributed by atoms with van der Waals surface area (Å²) in [5.41, 5.74) is 2.17. The van der Waals surface area contributed by atoms with Crippen LogP contribution >= 0.6 is 0 Å². The fourth-order valence-corrected chi connectivity index (χ4v) is 2.50. The van der Waals surface area contributed by atoms with Crippen LogP contribution < -0.4 is 0 Å². The number of amides is 1. The number of benzene rings is 2. The zero-order chi connectivity index (χ0) is 17.7. The minimum atomic E-state index is -1.03. The molecule has 0 aliphatic heterocycles. The smallest absolute Gasteiger partial charge is 0.335 e. The van der Waals surface area contributed by atoms with Crippen LogP contribution in [0, 0.1) is 0 Å². The third-order valence-corrected chi connectivity index (χ3v) is 3.83. The Morgan fingerprint density at radius 3 is 2.25 bits per heavy atom. The molecule has 2 aromatic carbocycles. The first kappa shape index (κ1) is 17.5. The number of carboxylic acid groups (broad SMARTS) is 1. The average molecular weight is 327 g/mol. The van der Waals surface area contributed by atoms with Crippen LogP contribution in [0.2, 0.25) is 0 Å². The normalized spacial score (nSPS) is 10.4. The van der Waals surface area contributed by atoms with Crippen molar-refractivity contribution in [1.29, 1.82) is 0 Å². The SMILES string of the molecule is CCCN(C)C(=O)c1ccc(Cc2cc(C(=O)O)ccc2O)cc1. The molecule has 0 saturated carbocycles. The maximum Gasteiger partial charge on any atom is 0.335 e. The first-order valence-electron chi connectivity index (χ1n) is 7.82. The Kier molecular flexibility index (Phi) is 5.58. The largest absolute Gasteiger partial charge is 0.508 e. The summed E-state index contributed by atoms with van der Waals surface area (Å²) in [6.07, 6.45) is 1.30. The van der Waals surface area contributed by atoms with Gasteiger partial charge in [0.1, 0.15) is 5.75 Å². The predicted octanol–water partition coefficient (Wildman–Crippen LogP) is 3.16. The molecule has 1 amide bonds. The van der Waals surface area contributed by atoms with Gasteiger partial charge in [-0.1, -0.05) is 19.1 Å². The van der Waals surface area contributed by atoms with E-state index in [1.54, 1.807) is 24.1 Å². The Morgan fingerprint density at radius 1 is 1.04 bits per heavy atom. The lowest BCUT2D eigenvalue weighted by Gasteiger charge is -2.16. The monoisotopic (exact) mass is 327 g/mol. The Bertz CT molecular complexity index is 738. The van der Waals surface area contributed by atoms with Gasteiger partial charge >= 0.3 is 5.97 Å². The van der Waals surface area contributed by atoms with E-state index in [4.69, 9.17) is 5.11 Å². The van der Waals surface area contributed by atoms with E-state index in [0.717, 1.165) is 12.0 Å². The molecule has 0 aromatic heterocycles. The summed E-state index contributed by atoms with van der Waals surface area (Å²) in [6.45, 7) is 2.72. The Morgan fingerprint density at radius 2 is 1.67 bits per heavy atom. The van der Waals surface area contributed by atoms with Crippen LogP contribution in [0.4, 0.5) is 0 Å². The van der Waals surface area contributed by atoms with Crippen molar-refractivity contribution in [2.45, 2.75) is 19.8 Å². The first-order chi connectivity index (χ1) is 11.4. The number of aromatic carboxylic acids is 1. The Balaban J connectivity index is 2.16. The minimum Gasteiger partial charge on any atom is -0.508 e. The zero-order valence-electron chi connectivity index (χ0n) is 13.8. The molecule has 0 heterocycles. The van der Waals surface area contributed by atoms with Gasteiger partial charge in [0.05, 0.1) is 5.56 Å². The second-order valence-corrected chi connectivity index (χ2v) is 5.75. The molecule has 126 valence electrons. The number of rotatable bonds is 6. The molecule has 2 rings (SSSR count). The van der Waals surface area contributed by atoms with Crippen molar-refractivity contribution in [3.63, 3.8) is 0 Å². The maximum absolute atomic E-state index is 12.2. The molecule has 5 nitrogen and oxygen atoms in total. The van der Waals surface area contributed by atoms with Crippen molar-refractivity contribution in [2.75, 3.05) is 13.6 Å². The van der Waals surface area contributed by atoms with Crippen LogP contribution in [-0.2, 0) is 6.42 Å². The van der Waals surface area contributed by atoms with E-state index in [0.29, 0.717) is 24.1 Å². The lowest BCUT2D eigenvalue weighted by molar-refractivity contribution is 0.0696. The van der Waals surface area contributed by atoms with Crippen LogP contribution in [0.5, 0.6) is 5.75 Å². The van der Waals surface area contributed by atoms with Gasteiger partial charge in [-0.25, -0.2) is 4.79 Å². The molecule has 0 fully saturated rings. The molecule has 0 saturated heterocycles. The standard InChI is InChI=1S/C19H21NO4/c1-3-10-20(2)18(22)14-6-4-13(5-7-14)11-16-12-15(19(23)24)8-9-17(16)21/h4-9,12,21H,3,10-11H2,1-2H3,(H,23,24). The molecular formula is C19H21NO4. The number of nitrogens with zero attached hydrogens (tertiary/aromatic N) is 1. The lowest BCUT2D eigenvalue weighted by Crippen LogP contribution is -2.27. The average Bonchev–Trinajstić information content (AvgIpc) is 2.57. The summed E-state index contributed by atoms with van der Waals surface area (Å²) in [6, 6.07) is 11.4. The second kappa shape index (κ2) is 7.64. The highest BCUT2D eigenvalue weighted by atomic mass is 16.4. The highest BCUT2D eigenvalue weighted by Gasteiger charge is 2.12. The molecular weight excluding hydrogens is 306 g/mol. The van der Waals surface area contributed by atoms with Gasteiger partial charge in [0.15, 0.2) is 0 Å². The van der Waals surface area contributed by atoms with E-state index >= 15 is 0 Å². The molecule has 0 bridgehead atoms. The number of carbonyl (C=O) groups excluding carboxylic acids is 1. The van der Waals surface area contributed by atoms with E-state index in [1.807, 2.05) is 19.1 Å². The number of phenols is 1. The molecule has 2 N–H and O–H groups in total. The van der Waals surface area contributed by atoms with Crippen LogP contribution in [0.1, 0.15) is 45.2 Å². The van der Waals surface area contributed by atoms with Gasteiger partial charge in [-0.3, -0.25) is 4.79 Å². The highest BCUT2D eigenvalue weighted by molar-refractivity contribution is 5.94. The van der Waals surface area contributed by atoms with Crippen molar-refractivity contribution in [3.05, 3.63) is 64.7 Å². The second-order valence-electron chi connectivity index (χ2n) is 5.75. The molecule has 0 radical (unpaired) electrons. The van der Waals surface area contributed by atoms with Gasteiger partial charge in [-0.2, -0.15) is 0 Å². The van der Waals surface area contributed by atoms with Gasteiger partial charge in [-0.05, 0) is 47.9 Å². The number of hydrogen-bond donors (Lipinski definition) is 2. The molecule has 0 aliphatic rings. The zero-order valence-corrected chi connectivity index (χ0v) is 13.8. The van der Waals surface area contributed by atoms with Gasteiger partial charge in [-0.15, -0.1) is 0 Å². The van der Waals surface area contributed by atoms with Crippen LogP contribution in [0.3, 0.4) is 0 Å². The predicted molar refractivity (Wildman–Crippen MR) is 91.6 cm³/mol. The molecule has 0 unspecified atom stereocenters. The topological polar surface area (TPSA) is 77.8 Å². The maximum atomic E-state index is 12.2. The minimum absolute atomic E-state index is 0.0286. The third-order valence-electron chi connectivity index (χ3n) is 3.83. The van der Waals surface area contributed by atoms with Crippen molar-refractivity contribution in [3.8, 4) is 5.75 Å². The van der Waals surface area contributed by atoms with Crippen molar-refractivity contribution >= 4 is 11.9 Å². The summed E-state index contributed by atoms with van der Waals surface area (Å²) < 4.78 is 0. The van der Waals surface area contributed by atoms with Crippen LogP contribution in [0.15, 0.2) is 42.5 Å². The lowest BCUT2D eigenvalue weighted by atomic mass is 10.0. The van der Waals surface area contributed by atoms with Crippen molar-refractivity contribution in [1.82, 2.24) is 4.90 Å². The van der Waals surface area contributed by atoms with E-state index in [2.05, 4.69) is 0 Å². The molecule has 24 heavy (non-hydrogen) atoms.